The molecular weight excluding hydrogens is 306 g/mol. The molecule has 0 saturated carbocycles. The van der Waals surface area contributed by atoms with E-state index in [1.807, 2.05) is 0 Å². The lowest BCUT2D eigenvalue weighted by molar-refractivity contribution is -0.139. The molecule has 0 fully saturated rings. The van der Waals surface area contributed by atoms with Crippen LogP contribution in [0, 0.1) is 0 Å². The molecule has 2 N–H and O–H groups in total. The van der Waals surface area contributed by atoms with E-state index < -0.39 is 22.0 Å². The van der Waals surface area contributed by atoms with Gasteiger partial charge in [-0.2, -0.15) is 4.72 Å². The number of nitrogens with one attached hydrogen (secondary N) is 1. The van der Waals surface area contributed by atoms with Crippen LogP contribution in [0.15, 0.2) is 24.3 Å². The zero-order valence-corrected chi connectivity index (χ0v) is 12.4. The number of carboxylic acid groups (broad SMARTS) is 1. The number of carbonyl (C=O) groups is 1. The molecule has 0 spiro atoms. The van der Waals surface area contributed by atoms with Crippen LogP contribution in [0.2, 0.25) is 5.02 Å². The second kappa shape index (κ2) is 7.58. The van der Waals surface area contributed by atoms with E-state index in [9.17, 15) is 13.2 Å². The summed E-state index contributed by atoms with van der Waals surface area (Å²) in [6.45, 7) is 2.13. The van der Waals surface area contributed by atoms with Gasteiger partial charge in [-0.1, -0.05) is 29.8 Å². The maximum Gasteiger partial charge on any atom is 0.326 e. The number of halogens is 1. The van der Waals surface area contributed by atoms with Gasteiger partial charge in [0.05, 0.1) is 12.4 Å². The Labute approximate surface area is 122 Å². The highest BCUT2D eigenvalue weighted by Gasteiger charge is 2.27. The highest BCUT2D eigenvalue weighted by atomic mass is 35.5. The fourth-order valence-corrected chi connectivity index (χ4v) is 2.79. The lowest BCUT2D eigenvalue weighted by Gasteiger charge is -2.16. The maximum absolute atomic E-state index is 11.8. The minimum atomic E-state index is -3.78. The molecule has 0 heterocycles. The van der Waals surface area contributed by atoms with Crippen LogP contribution in [-0.2, 0) is 19.6 Å². The number of rotatable bonds is 8. The summed E-state index contributed by atoms with van der Waals surface area (Å²) in [5.41, 5.74) is 0.196. The summed E-state index contributed by atoms with van der Waals surface area (Å²) >= 11 is 5.90. The van der Waals surface area contributed by atoms with E-state index in [0.717, 1.165) is 0 Å². The van der Waals surface area contributed by atoms with Gasteiger partial charge in [-0.15, -0.1) is 0 Å². The molecule has 112 valence electrons. The summed E-state index contributed by atoms with van der Waals surface area (Å²) in [5, 5.41) is 9.36. The number of hydrogen-bond acceptors (Lipinski definition) is 4. The normalized spacial score (nSPS) is 13.1. The highest BCUT2D eigenvalue weighted by molar-refractivity contribution is 7.89. The predicted molar refractivity (Wildman–Crippen MR) is 75.2 cm³/mol. The molecule has 0 aromatic heterocycles. The number of hydrogen-bond donors (Lipinski definition) is 2. The van der Waals surface area contributed by atoms with Crippen molar-refractivity contribution in [3.63, 3.8) is 0 Å². The Bertz CT molecular complexity index is 561. The van der Waals surface area contributed by atoms with Crippen LogP contribution < -0.4 is 4.72 Å². The van der Waals surface area contributed by atoms with Crippen LogP contribution in [0.5, 0.6) is 0 Å². The lowest BCUT2D eigenvalue weighted by Crippen LogP contribution is -2.36. The van der Waals surface area contributed by atoms with Crippen molar-refractivity contribution in [1.82, 2.24) is 4.72 Å². The van der Waals surface area contributed by atoms with E-state index in [2.05, 4.69) is 4.72 Å². The van der Waals surface area contributed by atoms with Crippen molar-refractivity contribution < 1.29 is 23.1 Å². The Morgan fingerprint density at radius 3 is 2.65 bits per heavy atom. The fourth-order valence-electron chi connectivity index (χ4n) is 1.51. The predicted octanol–water partition coefficient (Wildman–Crippen LogP) is 1.42. The number of carboxylic acids is 1. The number of benzene rings is 1. The molecule has 20 heavy (non-hydrogen) atoms. The summed E-state index contributed by atoms with van der Waals surface area (Å²) in [6, 6.07) is 4.77. The van der Waals surface area contributed by atoms with E-state index in [1.54, 1.807) is 19.1 Å². The Morgan fingerprint density at radius 2 is 2.10 bits per heavy atom. The van der Waals surface area contributed by atoms with Crippen molar-refractivity contribution in [1.29, 1.82) is 0 Å². The van der Waals surface area contributed by atoms with E-state index in [0.29, 0.717) is 6.61 Å². The molecule has 0 aliphatic carbocycles. The standard InChI is InChI=1S/C12H16ClNO5S/c1-2-19-7-8-20(17,18)14-11(12(15)16)9-5-3-4-6-10(9)13/h3-6,11,14H,2,7-8H2,1H3,(H,15,16)/t11-/m1/s1. The SMILES string of the molecule is CCOCCS(=O)(=O)N[C@@H](C(=O)O)c1ccccc1Cl. The average Bonchev–Trinajstić information content (AvgIpc) is 2.37. The summed E-state index contributed by atoms with van der Waals surface area (Å²) in [5.74, 6) is -1.63. The van der Waals surface area contributed by atoms with Gasteiger partial charge in [-0.05, 0) is 18.6 Å². The number of ether oxygens (including phenoxy) is 1. The molecule has 1 atom stereocenters. The maximum atomic E-state index is 11.8. The van der Waals surface area contributed by atoms with Crippen molar-refractivity contribution in [2.75, 3.05) is 19.0 Å². The second-order valence-corrected chi connectivity index (χ2v) is 6.21. The quantitative estimate of drug-likeness (QED) is 0.706. The van der Waals surface area contributed by atoms with Gasteiger partial charge in [-0.25, -0.2) is 8.42 Å². The molecule has 0 amide bonds. The van der Waals surface area contributed by atoms with Gasteiger partial charge in [0.15, 0.2) is 0 Å². The van der Waals surface area contributed by atoms with Crippen molar-refractivity contribution >= 4 is 27.6 Å². The molecule has 8 heteroatoms. The zero-order valence-electron chi connectivity index (χ0n) is 10.9. The first kappa shape index (κ1) is 16.9. The second-order valence-electron chi connectivity index (χ2n) is 3.93. The minimum absolute atomic E-state index is 0.000689. The van der Waals surface area contributed by atoms with Crippen LogP contribution in [0.25, 0.3) is 0 Å². The Morgan fingerprint density at radius 1 is 1.45 bits per heavy atom. The van der Waals surface area contributed by atoms with Crippen LogP contribution >= 0.6 is 11.6 Å². The summed E-state index contributed by atoms with van der Waals surface area (Å²) in [4.78, 5) is 11.2. The molecule has 0 unspecified atom stereocenters. The Kier molecular flexibility index (Phi) is 6.41. The van der Waals surface area contributed by atoms with Crippen LogP contribution in [0.4, 0.5) is 0 Å². The van der Waals surface area contributed by atoms with Crippen molar-refractivity contribution in [3.05, 3.63) is 34.9 Å². The molecule has 0 saturated heterocycles. The third kappa shape index (κ3) is 5.09. The largest absolute Gasteiger partial charge is 0.480 e. The van der Waals surface area contributed by atoms with Crippen molar-refractivity contribution in [2.24, 2.45) is 0 Å². The molecule has 0 aliphatic heterocycles. The summed E-state index contributed by atoms with van der Waals surface area (Å²) < 4.78 is 30.7. The van der Waals surface area contributed by atoms with E-state index in [1.165, 1.54) is 12.1 Å². The van der Waals surface area contributed by atoms with Crippen LogP contribution in [0.3, 0.4) is 0 Å². The first-order valence-electron chi connectivity index (χ1n) is 5.92. The fraction of sp³-hybridized carbons (Fsp3) is 0.417. The Balaban J connectivity index is 2.89. The molecule has 0 aliphatic rings. The van der Waals surface area contributed by atoms with Gasteiger partial charge in [0.1, 0.15) is 6.04 Å². The highest BCUT2D eigenvalue weighted by Crippen LogP contribution is 2.23. The first-order valence-corrected chi connectivity index (χ1v) is 7.95. The van der Waals surface area contributed by atoms with E-state index >= 15 is 0 Å². The third-order valence-electron chi connectivity index (χ3n) is 2.46. The van der Waals surface area contributed by atoms with Crippen molar-refractivity contribution in [2.45, 2.75) is 13.0 Å². The van der Waals surface area contributed by atoms with Crippen LogP contribution in [-0.4, -0.2) is 38.5 Å². The molecular formula is C12H16ClNO5S. The van der Waals surface area contributed by atoms with E-state index in [4.69, 9.17) is 21.4 Å². The van der Waals surface area contributed by atoms with Gasteiger partial charge in [0.25, 0.3) is 0 Å². The smallest absolute Gasteiger partial charge is 0.326 e. The third-order valence-corrected chi connectivity index (χ3v) is 4.10. The monoisotopic (exact) mass is 321 g/mol. The topological polar surface area (TPSA) is 92.7 Å². The van der Waals surface area contributed by atoms with Crippen molar-refractivity contribution in [3.8, 4) is 0 Å². The number of sulfonamides is 1. The number of aliphatic carboxylic acids is 1. The molecule has 1 rings (SSSR count). The zero-order chi connectivity index (χ0) is 15.2. The minimum Gasteiger partial charge on any atom is -0.480 e. The van der Waals surface area contributed by atoms with Gasteiger partial charge < -0.3 is 9.84 Å². The molecule has 1 aromatic rings. The molecule has 1 aromatic carbocycles. The lowest BCUT2D eigenvalue weighted by atomic mass is 10.1. The van der Waals surface area contributed by atoms with E-state index in [-0.39, 0.29) is 22.9 Å². The molecule has 6 nitrogen and oxygen atoms in total. The Hall–Kier alpha value is -1.15. The van der Waals surface area contributed by atoms with Gasteiger partial charge in [0, 0.05) is 11.6 Å². The van der Waals surface area contributed by atoms with Crippen LogP contribution in [0.1, 0.15) is 18.5 Å². The molecule has 0 bridgehead atoms. The summed E-state index contributed by atoms with van der Waals surface area (Å²) in [7, 11) is -3.78. The van der Waals surface area contributed by atoms with Gasteiger partial charge >= 0.3 is 5.97 Å². The van der Waals surface area contributed by atoms with Gasteiger partial charge in [-0.3, -0.25) is 4.79 Å². The first-order chi connectivity index (χ1) is 9.37. The average molecular weight is 322 g/mol. The molecule has 0 radical (unpaired) electrons. The summed E-state index contributed by atoms with van der Waals surface area (Å²) in [6.07, 6.45) is 0. The van der Waals surface area contributed by atoms with Gasteiger partial charge in [0.2, 0.25) is 10.0 Å².